The van der Waals surface area contributed by atoms with E-state index < -0.39 is 5.91 Å². The molecule has 6 nitrogen and oxygen atoms in total. The van der Waals surface area contributed by atoms with Crippen LogP contribution in [0.5, 0.6) is 0 Å². The highest BCUT2D eigenvalue weighted by Gasteiger charge is 2.51. The van der Waals surface area contributed by atoms with E-state index in [1.54, 1.807) is 11.7 Å². The number of hydrogen-bond acceptors (Lipinski definition) is 5. The second kappa shape index (κ2) is 5.30. The Morgan fingerprint density at radius 2 is 2.41 bits per heavy atom. The van der Waals surface area contributed by atoms with Gasteiger partial charge in [-0.25, -0.2) is 5.48 Å². The Hall–Kier alpha value is -1.50. The largest absolute Gasteiger partial charge is 0.316 e. The number of hydroxylamine groups is 1. The molecular weight excluding hydrogens is 280 g/mol. The van der Waals surface area contributed by atoms with Gasteiger partial charge in [-0.2, -0.15) is 0 Å². The van der Waals surface area contributed by atoms with Gasteiger partial charge in [-0.3, -0.25) is 19.9 Å². The van der Waals surface area contributed by atoms with Gasteiger partial charge in [-0.05, 0) is 49.3 Å². The molecule has 3 aliphatic rings. The summed E-state index contributed by atoms with van der Waals surface area (Å²) in [4.78, 5) is 18.5. The van der Waals surface area contributed by atoms with Gasteiger partial charge in [0.1, 0.15) is 0 Å². The highest BCUT2D eigenvalue weighted by Crippen LogP contribution is 2.49. The zero-order valence-corrected chi connectivity index (χ0v) is 12.6. The molecule has 0 bridgehead atoms. The van der Waals surface area contributed by atoms with Crippen LogP contribution in [-0.2, 0) is 13.0 Å². The molecule has 1 aliphatic carbocycles. The van der Waals surface area contributed by atoms with Crippen molar-refractivity contribution in [1.29, 1.82) is 0 Å². The fourth-order valence-corrected chi connectivity index (χ4v) is 4.40. The van der Waals surface area contributed by atoms with Crippen LogP contribution < -0.4 is 10.8 Å². The Kier molecular flexibility index (Phi) is 3.40. The van der Waals surface area contributed by atoms with Crippen LogP contribution in [-0.4, -0.2) is 46.7 Å². The fourth-order valence-electron chi connectivity index (χ4n) is 4.40. The number of carbonyl (C=O) groups is 1. The monoisotopic (exact) mass is 302 g/mol. The number of aromatic nitrogens is 1. The summed E-state index contributed by atoms with van der Waals surface area (Å²) in [6.07, 6.45) is 6.42. The SMILES string of the molecule is O=C(NO)c1cnc2c(c1)CCN([C@H]1CC[C@@]13CCNC3)C2. The van der Waals surface area contributed by atoms with Gasteiger partial charge in [0.15, 0.2) is 0 Å². The number of fused-ring (bicyclic) bond motifs is 1. The molecule has 118 valence electrons. The molecule has 1 amide bonds. The second-order valence-corrected chi connectivity index (χ2v) is 6.83. The minimum atomic E-state index is -0.493. The molecule has 1 saturated carbocycles. The molecule has 3 N–H and O–H groups in total. The summed E-state index contributed by atoms with van der Waals surface area (Å²) in [5, 5.41) is 12.2. The average molecular weight is 302 g/mol. The molecule has 2 fully saturated rings. The summed E-state index contributed by atoms with van der Waals surface area (Å²) < 4.78 is 0. The van der Waals surface area contributed by atoms with Crippen LogP contribution in [0.15, 0.2) is 12.3 Å². The Labute approximate surface area is 129 Å². The third kappa shape index (κ3) is 2.14. The summed E-state index contributed by atoms with van der Waals surface area (Å²) >= 11 is 0. The summed E-state index contributed by atoms with van der Waals surface area (Å²) in [6.45, 7) is 4.22. The molecule has 2 atom stereocenters. The van der Waals surface area contributed by atoms with Crippen LogP contribution >= 0.6 is 0 Å². The van der Waals surface area contributed by atoms with E-state index in [0.717, 1.165) is 43.9 Å². The number of hydrogen-bond donors (Lipinski definition) is 3. The quantitative estimate of drug-likeness (QED) is 0.554. The molecule has 1 saturated heterocycles. The molecule has 0 radical (unpaired) electrons. The second-order valence-electron chi connectivity index (χ2n) is 6.83. The topological polar surface area (TPSA) is 77.5 Å². The number of amides is 1. The fraction of sp³-hybridized carbons (Fsp3) is 0.625. The minimum Gasteiger partial charge on any atom is -0.316 e. The molecule has 1 aromatic rings. The van der Waals surface area contributed by atoms with Gasteiger partial charge < -0.3 is 5.32 Å². The van der Waals surface area contributed by atoms with Crippen molar-refractivity contribution in [2.45, 2.75) is 38.3 Å². The van der Waals surface area contributed by atoms with Crippen molar-refractivity contribution >= 4 is 5.91 Å². The molecule has 6 heteroatoms. The van der Waals surface area contributed by atoms with E-state index in [1.165, 1.54) is 19.3 Å². The zero-order valence-electron chi connectivity index (χ0n) is 12.6. The molecule has 0 aromatic carbocycles. The van der Waals surface area contributed by atoms with E-state index in [-0.39, 0.29) is 0 Å². The highest BCUT2D eigenvalue weighted by molar-refractivity contribution is 5.93. The van der Waals surface area contributed by atoms with Crippen molar-refractivity contribution in [1.82, 2.24) is 20.7 Å². The van der Waals surface area contributed by atoms with Crippen molar-refractivity contribution in [3.05, 3.63) is 29.1 Å². The third-order valence-electron chi connectivity index (χ3n) is 5.78. The highest BCUT2D eigenvalue weighted by atomic mass is 16.5. The van der Waals surface area contributed by atoms with Crippen LogP contribution in [0.4, 0.5) is 0 Å². The summed E-state index contributed by atoms with van der Waals surface area (Å²) in [5.41, 5.74) is 4.80. The van der Waals surface area contributed by atoms with Gasteiger partial charge in [0.05, 0.1) is 11.3 Å². The third-order valence-corrected chi connectivity index (χ3v) is 5.78. The Morgan fingerprint density at radius 3 is 3.09 bits per heavy atom. The van der Waals surface area contributed by atoms with Gasteiger partial charge in [-0.1, -0.05) is 0 Å². The molecule has 2 aliphatic heterocycles. The molecule has 22 heavy (non-hydrogen) atoms. The van der Waals surface area contributed by atoms with Crippen LogP contribution in [0.2, 0.25) is 0 Å². The summed E-state index contributed by atoms with van der Waals surface area (Å²) in [6, 6.07) is 2.54. The van der Waals surface area contributed by atoms with E-state index in [0.29, 0.717) is 17.0 Å². The van der Waals surface area contributed by atoms with E-state index in [1.807, 2.05) is 6.07 Å². The first kappa shape index (κ1) is 14.1. The van der Waals surface area contributed by atoms with E-state index >= 15 is 0 Å². The number of rotatable bonds is 2. The van der Waals surface area contributed by atoms with Crippen LogP contribution in [0.3, 0.4) is 0 Å². The standard InChI is InChI=1S/C16H22N4O2/c21-15(19-22)12-7-11-2-6-20(9-13(11)18-8-12)14-1-3-16(14)4-5-17-10-16/h7-8,14,17,22H,1-6,9-10H2,(H,19,21)/t14-,16-/m0/s1. The smallest absolute Gasteiger partial charge is 0.276 e. The zero-order chi connectivity index (χ0) is 15.2. The maximum atomic E-state index is 11.5. The van der Waals surface area contributed by atoms with Crippen LogP contribution in [0.25, 0.3) is 0 Å². The predicted molar refractivity (Wildman–Crippen MR) is 80.5 cm³/mol. The Balaban J connectivity index is 1.51. The van der Waals surface area contributed by atoms with E-state index in [4.69, 9.17) is 5.21 Å². The first-order valence-corrected chi connectivity index (χ1v) is 8.09. The van der Waals surface area contributed by atoms with E-state index in [2.05, 4.69) is 15.2 Å². The maximum Gasteiger partial charge on any atom is 0.276 e. The van der Waals surface area contributed by atoms with Crippen molar-refractivity contribution in [2.24, 2.45) is 5.41 Å². The molecule has 0 unspecified atom stereocenters. The predicted octanol–water partition coefficient (Wildman–Crippen LogP) is 0.701. The van der Waals surface area contributed by atoms with Crippen molar-refractivity contribution in [2.75, 3.05) is 19.6 Å². The van der Waals surface area contributed by atoms with Crippen molar-refractivity contribution in [3.8, 4) is 0 Å². The molecule has 4 rings (SSSR count). The number of pyridine rings is 1. The molecule has 1 spiro atoms. The van der Waals surface area contributed by atoms with Gasteiger partial charge in [0, 0.05) is 31.9 Å². The van der Waals surface area contributed by atoms with E-state index in [9.17, 15) is 4.79 Å². The molecule has 3 heterocycles. The lowest BCUT2D eigenvalue weighted by Gasteiger charge is -2.53. The van der Waals surface area contributed by atoms with Crippen molar-refractivity contribution < 1.29 is 10.0 Å². The van der Waals surface area contributed by atoms with Crippen LogP contribution in [0, 0.1) is 5.41 Å². The lowest BCUT2D eigenvalue weighted by atomic mass is 9.63. The van der Waals surface area contributed by atoms with Crippen LogP contribution in [0.1, 0.15) is 40.9 Å². The van der Waals surface area contributed by atoms with Gasteiger partial charge >= 0.3 is 0 Å². The number of nitrogens with one attached hydrogen (secondary N) is 2. The summed E-state index contributed by atoms with van der Waals surface area (Å²) in [7, 11) is 0. The van der Waals surface area contributed by atoms with Gasteiger partial charge in [0.2, 0.25) is 0 Å². The maximum absolute atomic E-state index is 11.5. The van der Waals surface area contributed by atoms with Gasteiger partial charge in [-0.15, -0.1) is 0 Å². The number of carbonyl (C=O) groups excluding carboxylic acids is 1. The Morgan fingerprint density at radius 1 is 1.50 bits per heavy atom. The Bertz CT molecular complexity index is 598. The van der Waals surface area contributed by atoms with Gasteiger partial charge in [0.25, 0.3) is 5.91 Å². The molecule has 1 aromatic heterocycles. The number of nitrogens with zero attached hydrogens (tertiary/aromatic N) is 2. The lowest BCUT2D eigenvalue weighted by Crippen LogP contribution is -2.57. The first-order chi connectivity index (χ1) is 10.7. The average Bonchev–Trinajstić information content (AvgIpc) is 3.05. The lowest BCUT2D eigenvalue weighted by molar-refractivity contribution is -0.0211. The summed E-state index contributed by atoms with van der Waals surface area (Å²) in [5.74, 6) is -0.493. The normalized spacial score (nSPS) is 30.9. The minimum absolute atomic E-state index is 0.426. The molecular formula is C16H22N4O2. The van der Waals surface area contributed by atoms with Crippen molar-refractivity contribution in [3.63, 3.8) is 0 Å². The first-order valence-electron chi connectivity index (χ1n) is 8.09.